The van der Waals surface area contributed by atoms with E-state index in [2.05, 4.69) is 23.6 Å². The van der Waals surface area contributed by atoms with Crippen LogP contribution in [0.15, 0.2) is 84.9 Å². The zero-order chi connectivity index (χ0) is 31.6. The summed E-state index contributed by atoms with van der Waals surface area (Å²) < 4.78 is 0. The van der Waals surface area contributed by atoms with Gasteiger partial charge in [0.05, 0.1) is 11.5 Å². The number of rotatable bonds is 15. The third kappa shape index (κ3) is 9.43. The number of halogens is 1. The van der Waals surface area contributed by atoms with Crippen LogP contribution in [0.4, 0.5) is 0 Å². The second-order valence-corrected chi connectivity index (χ2v) is 13.7. The molecule has 4 rings (SSSR count). The van der Waals surface area contributed by atoms with Crippen molar-refractivity contribution in [3.05, 3.63) is 107 Å². The molecule has 0 radical (unpaired) electrons. The van der Waals surface area contributed by atoms with Gasteiger partial charge in [-0.1, -0.05) is 111 Å². The molecule has 45 heavy (non-hydrogen) atoms. The topological polar surface area (TPSA) is 64.0 Å². The number of thioether (sulfide) groups is 1. The molecule has 0 amide bonds. The minimum absolute atomic E-state index is 0. The van der Waals surface area contributed by atoms with Crippen molar-refractivity contribution in [3.8, 4) is 0 Å². The second kappa shape index (κ2) is 17.7. The molecule has 7 heteroatoms. The third-order valence-corrected chi connectivity index (χ3v) is 10.8. The Morgan fingerprint density at radius 1 is 0.889 bits per heavy atom. The normalized spacial score (nSPS) is 15.5. The minimum Gasteiger partial charge on any atom is -0.388 e. The molecule has 2 N–H and O–H groups in total. The monoisotopic (exact) mass is 652 g/mol. The van der Waals surface area contributed by atoms with Crippen molar-refractivity contribution in [2.24, 2.45) is 5.92 Å². The summed E-state index contributed by atoms with van der Waals surface area (Å²) in [6.07, 6.45) is 2.92. The van der Waals surface area contributed by atoms with E-state index >= 15 is 0 Å². The standard InChI is InChI=1S/C38H52N2O3S.ClH/c1-5-39(6-2)28-29-44-36(42)37(3,4)31-21-19-30(20-22-31)35(41)18-13-25-40-26-23-34(24-27-40)38(43,32-14-9-7-10-15-32)33-16-11-8-12-17-33;/h7-12,14-17,19-22,34-35,41,43H,5-6,13,18,23-29H2,1-4H3;1H. The van der Waals surface area contributed by atoms with Crippen LogP contribution >= 0.6 is 24.2 Å². The van der Waals surface area contributed by atoms with E-state index in [1.54, 1.807) is 0 Å². The molecular formula is C38H53ClN2O3S. The van der Waals surface area contributed by atoms with Crippen LogP contribution in [0, 0.1) is 5.92 Å². The lowest BCUT2D eigenvalue weighted by molar-refractivity contribution is -0.114. The Morgan fingerprint density at radius 2 is 1.42 bits per heavy atom. The number of benzene rings is 3. The van der Waals surface area contributed by atoms with Crippen LogP contribution in [-0.2, 0) is 15.8 Å². The van der Waals surface area contributed by atoms with Crippen molar-refractivity contribution >= 4 is 29.3 Å². The van der Waals surface area contributed by atoms with Gasteiger partial charge >= 0.3 is 0 Å². The number of aliphatic hydroxyl groups is 2. The maximum absolute atomic E-state index is 13.0. The van der Waals surface area contributed by atoms with Gasteiger partial charge in [-0.3, -0.25) is 4.79 Å². The second-order valence-electron chi connectivity index (χ2n) is 12.7. The van der Waals surface area contributed by atoms with E-state index in [1.165, 1.54) is 11.8 Å². The summed E-state index contributed by atoms with van der Waals surface area (Å²) >= 11 is 1.42. The fourth-order valence-electron chi connectivity index (χ4n) is 6.50. The number of aliphatic hydroxyl groups excluding tert-OH is 1. The molecule has 3 aromatic rings. The average molecular weight is 653 g/mol. The molecule has 0 spiro atoms. The summed E-state index contributed by atoms with van der Waals surface area (Å²) in [5, 5.41) is 23.3. The molecule has 246 valence electrons. The molecule has 1 aliphatic heterocycles. The maximum atomic E-state index is 13.0. The van der Waals surface area contributed by atoms with Crippen molar-refractivity contribution in [1.82, 2.24) is 9.80 Å². The van der Waals surface area contributed by atoms with Gasteiger partial charge < -0.3 is 20.0 Å². The molecule has 1 saturated heterocycles. The minimum atomic E-state index is -1.000. The Kier molecular flexibility index (Phi) is 14.6. The van der Waals surface area contributed by atoms with E-state index < -0.39 is 17.1 Å². The largest absolute Gasteiger partial charge is 0.388 e. The Morgan fingerprint density at radius 3 is 1.93 bits per heavy atom. The quantitative estimate of drug-likeness (QED) is 0.178. The first-order chi connectivity index (χ1) is 21.2. The number of nitrogens with zero attached hydrogens (tertiary/aromatic N) is 2. The molecule has 0 aromatic heterocycles. The highest BCUT2D eigenvalue weighted by Crippen LogP contribution is 2.42. The van der Waals surface area contributed by atoms with E-state index in [0.29, 0.717) is 6.42 Å². The van der Waals surface area contributed by atoms with Crippen molar-refractivity contribution in [2.45, 2.75) is 70.5 Å². The van der Waals surface area contributed by atoms with Gasteiger partial charge in [0.15, 0.2) is 5.12 Å². The SMILES string of the molecule is CCN(CC)CCSC(=O)C(C)(C)c1ccc(C(O)CCCN2CCC(C(O)(c3ccccc3)c3ccccc3)CC2)cc1.Cl. The van der Waals surface area contributed by atoms with Gasteiger partial charge in [-0.2, -0.15) is 0 Å². The van der Waals surface area contributed by atoms with Gasteiger partial charge in [0.2, 0.25) is 0 Å². The zero-order valence-electron chi connectivity index (χ0n) is 27.5. The molecule has 0 aliphatic carbocycles. The van der Waals surface area contributed by atoms with Gasteiger partial charge in [0.25, 0.3) is 0 Å². The summed E-state index contributed by atoms with van der Waals surface area (Å²) in [5.74, 6) is 0.948. The summed E-state index contributed by atoms with van der Waals surface area (Å²) in [6.45, 7) is 14.0. The molecule has 1 fully saturated rings. The van der Waals surface area contributed by atoms with E-state index in [4.69, 9.17) is 0 Å². The molecule has 1 heterocycles. The lowest BCUT2D eigenvalue weighted by Crippen LogP contribution is -2.44. The van der Waals surface area contributed by atoms with Crippen LogP contribution in [0.5, 0.6) is 0 Å². The highest BCUT2D eigenvalue weighted by molar-refractivity contribution is 8.13. The fraction of sp³-hybridized carbons (Fsp3) is 0.500. The lowest BCUT2D eigenvalue weighted by atomic mass is 9.72. The predicted molar refractivity (Wildman–Crippen MR) is 191 cm³/mol. The molecule has 3 aromatic carbocycles. The van der Waals surface area contributed by atoms with Gasteiger partial charge in [0.1, 0.15) is 5.60 Å². The highest BCUT2D eigenvalue weighted by atomic mass is 35.5. The van der Waals surface area contributed by atoms with Crippen LogP contribution in [0.1, 0.15) is 81.7 Å². The van der Waals surface area contributed by atoms with Crippen LogP contribution < -0.4 is 0 Å². The lowest BCUT2D eigenvalue weighted by Gasteiger charge is -2.42. The van der Waals surface area contributed by atoms with E-state index in [0.717, 1.165) is 86.5 Å². The summed E-state index contributed by atoms with van der Waals surface area (Å²) in [7, 11) is 0. The Bertz CT molecular complexity index is 1240. The average Bonchev–Trinajstić information content (AvgIpc) is 3.07. The van der Waals surface area contributed by atoms with Crippen molar-refractivity contribution < 1.29 is 15.0 Å². The molecular weight excluding hydrogens is 600 g/mol. The van der Waals surface area contributed by atoms with E-state index in [-0.39, 0.29) is 23.4 Å². The number of hydrogen-bond donors (Lipinski definition) is 2. The fourth-order valence-corrected chi connectivity index (χ4v) is 7.51. The highest BCUT2D eigenvalue weighted by Gasteiger charge is 2.41. The molecule has 1 atom stereocenters. The molecule has 5 nitrogen and oxygen atoms in total. The number of hydrogen-bond acceptors (Lipinski definition) is 6. The maximum Gasteiger partial charge on any atom is 0.198 e. The first-order valence-corrected chi connectivity index (χ1v) is 17.4. The molecule has 1 aliphatic rings. The van der Waals surface area contributed by atoms with Crippen molar-refractivity contribution in [3.63, 3.8) is 0 Å². The molecule has 1 unspecified atom stereocenters. The summed E-state index contributed by atoms with van der Waals surface area (Å²) in [5.41, 5.74) is 2.24. The van der Waals surface area contributed by atoms with Crippen LogP contribution in [0.25, 0.3) is 0 Å². The summed E-state index contributed by atoms with van der Waals surface area (Å²) in [6, 6.07) is 28.2. The van der Waals surface area contributed by atoms with Gasteiger partial charge in [-0.15, -0.1) is 12.4 Å². The number of likely N-dealkylation sites (tertiary alicyclic amines) is 1. The van der Waals surface area contributed by atoms with E-state index in [1.807, 2.05) is 98.8 Å². The van der Waals surface area contributed by atoms with E-state index in [9.17, 15) is 15.0 Å². The number of carbonyl (C=O) groups excluding carboxylic acids is 1. The van der Waals surface area contributed by atoms with Gasteiger partial charge in [0, 0.05) is 12.3 Å². The Balaban J connectivity index is 0.00000552. The van der Waals surface area contributed by atoms with Crippen LogP contribution in [0.3, 0.4) is 0 Å². The number of carbonyl (C=O) groups is 1. The number of piperidine rings is 1. The Labute approximate surface area is 281 Å². The smallest absolute Gasteiger partial charge is 0.198 e. The first-order valence-electron chi connectivity index (χ1n) is 16.4. The molecule has 0 bridgehead atoms. The zero-order valence-corrected chi connectivity index (χ0v) is 29.2. The third-order valence-electron chi connectivity index (χ3n) is 9.62. The first kappa shape index (κ1) is 37.3. The molecule has 0 saturated carbocycles. The summed E-state index contributed by atoms with van der Waals surface area (Å²) in [4.78, 5) is 17.8. The Hall–Kier alpha value is -2.19. The predicted octanol–water partition coefficient (Wildman–Crippen LogP) is 7.45. The van der Waals surface area contributed by atoms with Crippen molar-refractivity contribution in [2.75, 3.05) is 45.0 Å². The van der Waals surface area contributed by atoms with Crippen LogP contribution in [0.2, 0.25) is 0 Å². The van der Waals surface area contributed by atoms with Gasteiger partial charge in [-0.05, 0) is 100 Å². The van der Waals surface area contributed by atoms with Gasteiger partial charge in [-0.25, -0.2) is 0 Å². The van der Waals surface area contributed by atoms with Crippen LogP contribution in [-0.4, -0.2) is 70.1 Å². The van der Waals surface area contributed by atoms with Crippen molar-refractivity contribution in [1.29, 1.82) is 0 Å².